The Kier molecular flexibility index (Phi) is 3.49. The summed E-state index contributed by atoms with van der Waals surface area (Å²) in [4.78, 5) is 17.8. The Bertz CT molecular complexity index is 626. The van der Waals surface area contributed by atoms with Crippen LogP contribution in [0.1, 0.15) is 43.1 Å². The molecule has 2 N–H and O–H groups in total. The lowest BCUT2D eigenvalue weighted by Gasteiger charge is -2.18. The van der Waals surface area contributed by atoms with Gasteiger partial charge in [-0.25, -0.2) is 9.78 Å². The van der Waals surface area contributed by atoms with Crippen molar-refractivity contribution in [1.29, 1.82) is 0 Å². The maximum absolute atomic E-state index is 12.1. The zero-order chi connectivity index (χ0) is 14.2. The standard InChI is InChI=1S/C14H18N2O2S/c1-5-8-6-7-9-10(15)11(19-12(9)16-8)13(17)18-14(2,3)4/h6-7H,5,15H2,1-4H3. The number of nitrogens with zero attached hydrogens (tertiary/aromatic N) is 1. The van der Waals surface area contributed by atoms with Crippen LogP contribution in [0.2, 0.25) is 0 Å². The number of esters is 1. The van der Waals surface area contributed by atoms with Gasteiger partial charge in [0.15, 0.2) is 0 Å². The van der Waals surface area contributed by atoms with Crippen molar-refractivity contribution in [3.8, 4) is 0 Å². The summed E-state index contributed by atoms with van der Waals surface area (Å²) in [7, 11) is 0. The van der Waals surface area contributed by atoms with E-state index in [-0.39, 0.29) is 5.97 Å². The Morgan fingerprint density at radius 1 is 1.42 bits per heavy atom. The van der Waals surface area contributed by atoms with Crippen molar-refractivity contribution in [2.75, 3.05) is 5.73 Å². The summed E-state index contributed by atoms with van der Waals surface area (Å²) in [6.07, 6.45) is 0.857. The number of nitrogens with two attached hydrogens (primary N) is 1. The van der Waals surface area contributed by atoms with Gasteiger partial charge in [-0.1, -0.05) is 6.92 Å². The second-order valence-electron chi connectivity index (χ2n) is 5.36. The molecule has 0 aromatic carbocycles. The molecule has 0 atom stereocenters. The van der Waals surface area contributed by atoms with Gasteiger partial charge in [-0.05, 0) is 39.3 Å². The molecular formula is C14H18N2O2S. The zero-order valence-electron chi connectivity index (χ0n) is 11.6. The van der Waals surface area contributed by atoms with E-state index in [0.717, 1.165) is 22.3 Å². The number of aryl methyl sites for hydroxylation is 1. The van der Waals surface area contributed by atoms with E-state index >= 15 is 0 Å². The van der Waals surface area contributed by atoms with Gasteiger partial charge < -0.3 is 10.5 Å². The molecule has 2 heterocycles. The van der Waals surface area contributed by atoms with Gasteiger partial charge in [0.2, 0.25) is 0 Å². The van der Waals surface area contributed by atoms with E-state index in [2.05, 4.69) is 4.98 Å². The van der Waals surface area contributed by atoms with Gasteiger partial charge in [-0.15, -0.1) is 11.3 Å². The summed E-state index contributed by atoms with van der Waals surface area (Å²) in [6.45, 7) is 7.55. The van der Waals surface area contributed by atoms with Crippen LogP contribution in [0.4, 0.5) is 5.69 Å². The fraction of sp³-hybridized carbons (Fsp3) is 0.429. The second kappa shape index (κ2) is 4.81. The molecular weight excluding hydrogens is 260 g/mol. The number of fused-ring (bicyclic) bond motifs is 1. The SMILES string of the molecule is CCc1ccc2c(N)c(C(=O)OC(C)(C)C)sc2n1. The summed E-state index contributed by atoms with van der Waals surface area (Å²) >= 11 is 1.29. The Morgan fingerprint density at radius 3 is 2.68 bits per heavy atom. The fourth-order valence-electron chi connectivity index (χ4n) is 1.71. The first-order chi connectivity index (χ1) is 8.81. The highest BCUT2D eigenvalue weighted by atomic mass is 32.1. The van der Waals surface area contributed by atoms with E-state index < -0.39 is 5.60 Å². The van der Waals surface area contributed by atoms with E-state index in [1.165, 1.54) is 11.3 Å². The Hall–Kier alpha value is -1.62. The van der Waals surface area contributed by atoms with Crippen LogP contribution in [0.15, 0.2) is 12.1 Å². The first kappa shape index (κ1) is 13.8. The van der Waals surface area contributed by atoms with Crippen LogP contribution in [-0.2, 0) is 11.2 Å². The highest BCUT2D eigenvalue weighted by molar-refractivity contribution is 7.21. The molecule has 19 heavy (non-hydrogen) atoms. The summed E-state index contributed by atoms with van der Waals surface area (Å²) in [5, 5.41) is 0.822. The number of hydrogen-bond donors (Lipinski definition) is 1. The van der Waals surface area contributed by atoms with E-state index in [1.807, 2.05) is 39.8 Å². The summed E-state index contributed by atoms with van der Waals surface area (Å²) in [6, 6.07) is 3.85. The molecule has 0 fully saturated rings. The van der Waals surface area contributed by atoms with Gasteiger partial charge in [0.1, 0.15) is 15.3 Å². The second-order valence-corrected chi connectivity index (χ2v) is 6.35. The highest BCUT2D eigenvalue weighted by Gasteiger charge is 2.23. The van der Waals surface area contributed by atoms with Crippen molar-refractivity contribution < 1.29 is 9.53 Å². The number of carbonyl (C=O) groups excluding carboxylic acids is 1. The van der Waals surface area contributed by atoms with Crippen LogP contribution in [0.3, 0.4) is 0 Å². The van der Waals surface area contributed by atoms with Crippen LogP contribution >= 0.6 is 11.3 Å². The molecule has 0 saturated heterocycles. The maximum atomic E-state index is 12.1. The summed E-state index contributed by atoms with van der Waals surface area (Å²) < 4.78 is 5.35. The number of hydrogen-bond acceptors (Lipinski definition) is 5. The minimum absolute atomic E-state index is 0.383. The third-order valence-electron chi connectivity index (χ3n) is 2.60. The van der Waals surface area contributed by atoms with Crippen LogP contribution in [-0.4, -0.2) is 16.6 Å². The van der Waals surface area contributed by atoms with Gasteiger partial charge in [0.05, 0.1) is 5.69 Å². The number of ether oxygens (including phenoxy) is 1. The Balaban J connectivity index is 2.44. The number of rotatable bonds is 2. The molecule has 2 aromatic rings. The minimum Gasteiger partial charge on any atom is -0.456 e. The summed E-state index contributed by atoms with van der Waals surface area (Å²) in [5.74, 6) is -0.383. The third-order valence-corrected chi connectivity index (χ3v) is 3.69. The first-order valence-corrected chi connectivity index (χ1v) is 7.04. The fourth-order valence-corrected chi connectivity index (χ4v) is 2.70. The van der Waals surface area contributed by atoms with Gasteiger partial charge >= 0.3 is 5.97 Å². The zero-order valence-corrected chi connectivity index (χ0v) is 12.4. The van der Waals surface area contributed by atoms with Gasteiger partial charge in [0.25, 0.3) is 0 Å². The van der Waals surface area contributed by atoms with Crippen LogP contribution < -0.4 is 5.73 Å². The lowest BCUT2D eigenvalue weighted by molar-refractivity contribution is 0.00765. The van der Waals surface area contributed by atoms with Gasteiger partial charge in [-0.2, -0.15) is 0 Å². The van der Waals surface area contributed by atoms with E-state index in [1.54, 1.807) is 0 Å². The van der Waals surface area contributed by atoms with E-state index in [9.17, 15) is 4.79 Å². The Labute approximate surface area is 116 Å². The quantitative estimate of drug-likeness (QED) is 0.855. The topological polar surface area (TPSA) is 65.2 Å². The smallest absolute Gasteiger partial charge is 0.351 e. The third kappa shape index (κ3) is 2.87. The van der Waals surface area contributed by atoms with Crippen molar-refractivity contribution in [1.82, 2.24) is 4.98 Å². The predicted octanol–water partition coefficient (Wildman–Crippen LogP) is 3.40. The lowest BCUT2D eigenvalue weighted by Crippen LogP contribution is -2.23. The molecule has 102 valence electrons. The largest absolute Gasteiger partial charge is 0.456 e. The van der Waals surface area contributed by atoms with Crippen molar-refractivity contribution in [3.63, 3.8) is 0 Å². The lowest BCUT2D eigenvalue weighted by atomic mass is 10.2. The molecule has 0 aliphatic heterocycles. The van der Waals surface area contributed by atoms with Crippen molar-refractivity contribution in [2.45, 2.75) is 39.7 Å². The number of anilines is 1. The number of aromatic nitrogens is 1. The summed E-state index contributed by atoms with van der Waals surface area (Å²) in [5.41, 5.74) is 6.95. The average molecular weight is 278 g/mol. The number of nitrogen functional groups attached to an aromatic ring is 1. The van der Waals surface area contributed by atoms with Crippen molar-refractivity contribution in [2.24, 2.45) is 0 Å². The number of carbonyl (C=O) groups is 1. The molecule has 5 heteroatoms. The van der Waals surface area contributed by atoms with Gasteiger partial charge in [-0.3, -0.25) is 0 Å². The van der Waals surface area contributed by atoms with Gasteiger partial charge in [0, 0.05) is 11.1 Å². The van der Waals surface area contributed by atoms with E-state index in [4.69, 9.17) is 10.5 Å². The first-order valence-electron chi connectivity index (χ1n) is 6.23. The molecule has 0 aliphatic rings. The van der Waals surface area contributed by atoms with Crippen LogP contribution in [0.5, 0.6) is 0 Å². The maximum Gasteiger partial charge on any atom is 0.351 e. The molecule has 0 saturated carbocycles. The van der Waals surface area contributed by atoms with Crippen molar-refractivity contribution >= 4 is 33.2 Å². The highest BCUT2D eigenvalue weighted by Crippen LogP contribution is 2.33. The van der Waals surface area contributed by atoms with E-state index in [0.29, 0.717) is 10.6 Å². The molecule has 0 spiro atoms. The molecule has 0 unspecified atom stereocenters. The molecule has 4 nitrogen and oxygen atoms in total. The number of pyridine rings is 1. The number of thiophene rings is 1. The molecule has 0 amide bonds. The Morgan fingerprint density at radius 2 is 2.11 bits per heavy atom. The predicted molar refractivity (Wildman–Crippen MR) is 78.6 cm³/mol. The molecule has 0 radical (unpaired) electrons. The monoisotopic (exact) mass is 278 g/mol. The molecule has 0 bridgehead atoms. The normalized spacial score (nSPS) is 11.8. The average Bonchev–Trinajstić information content (AvgIpc) is 2.64. The minimum atomic E-state index is -0.526. The van der Waals surface area contributed by atoms with Crippen LogP contribution in [0.25, 0.3) is 10.2 Å². The molecule has 2 aromatic heterocycles. The van der Waals surface area contributed by atoms with Crippen LogP contribution in [0, 0.1) is 0 Å². The molecule has 2 rings (SSSR count). The molecule has 0 aliphatic carbocycles. The van der Waals surface area contributed by atoms with Crippen molar-refractivity contribution in [3.05, 3.63) is 22.7 Å².